The maximum atomic E-state index is 2.73. The van der Waals surface area contributed by atoms with Crippen molar-refractivity contribution in [2.24, 2.45) is 0 Å². The van der Waals surface area contributed by atoms with Crippen LogP contribution in [0.4, 0.5) is 11.4 Å². The van der Waals surface area contributed by atoms with Crippen LogP contribution in [0.15, 0.2) is 138 Å². The first-order valence-electron chi connectivity index (χ1n) is 15.3. The van der Waals surface area contributed by atoms with Crippen LogP contribution in [0.25, 0.3) is 0 Å². The van der Waals surface area contributed by atoms with E-state index in [9.17, 15) is 0 Å². The van der Waals surface area contributed by atoms with Crippen LogP contribution in [-0.2, 0) is 0 Å². The second-order valence-electron chi connectivity index (χ2n) is 12.1. The predicted octanol–water partition coefficient (Wildman–Crippen LogP) is 7.01. The van der Waals surface area contributed by atoms with Crippen molar-refractivity contribution in [1.82, 2.24) is 4.90 Å². The van der Waals surface area contributed by atoms with Crippen LogP contribution in [0.5, 0.6) is 0 Å². The number of anilines is 2. The fourth-order valence-electron chi connectivity index (χ4n) is 8.70. The van der Waals surface area contributed by atoms with E-state index >= 15 is 0 Å². The minimum absolute atomic E-state index is 0.317. The van der Waals surface area contributed by atoms with E-state index in [1.807, 2.05) is 0 Å². The van der Waals surface area contributed by atoms with Crippen LogP contribution in [0.1, 0.15) is 38.5 Å². The molecule has 3 heterocycles. The van der Waals surface area contributed by atoms with Gasteiger partial charge in [-0.1, -0.05) is 72.9 Å². The Balaban J connectivity index is 1.35. The van der Waals surface area contributed by atoms with Crippen LogP contribution in [0.2, 0.25) is 5.82 Å². The monoisotopic (exact) mass is 519 g/mol. The van der Waals surface area contributed by atoms with Gasteiger partial charge in [0.15, 0.2) is 0 Å². The highest BCUT2D eigenvalue weighted by Crippen LogP contribution is 2.55. The van der Waals surface area contributed by atoms with Crippen molar-refractivity contribution in [2.75, 3.05) is 9.80 Å². The minimum atomic E-state index is 0.317. The third-order valence-corrected chi connectivity index (χ3v) is 10.2. The largest absolute Gasteiger partial charge is 0.339 e. The zero-order valence-electron chi connectivity index (χ0n) is 22.9. The maximum absolute atomic E-state index is 2.73. The molecule has 0 amide bonds. The Hall–Kier alpha value is -3.92. The van der Waals surface area contributed by atoms with Crippen molar-refractivity contribution in [2.45, 2.75) is 62.5 Å². The molecule has 1 aromatic rings. The number of nitrogens with zero attached hydrogens (tertiary/aromatic N) is 3. The quantitative estimate of drug-likeness (QED) is 0.398. The summed E-state index contributed by atoms with van der Waals surface area (Å²) in [4.78, 5) is 8.15. The molecular weight excluding hydrogens is 485 g/mol. The summed E-state index contributed by atoms with van der Waals surface area (Å²) < 4.78 is 0. The number of hydrogen-bond acceptors (Lipinski definition) is 3. The first-order chi connectivity index (χ1) is 19.9. The SMILES string of the molecule is C1=CCCC(N2c3cccc4c3B3C5=C(C=CCC5N4C4=CCCC=C4)N(C4C=CC=CC4)C4=CC=CC2C34)=C1. The fraction of sp³-hybridized carbons (Fsp3) is 0.278. The lowest BCUT2D eigenvalue weighted by molar-refractivity contribution is 0.338. The maximum Gasteiger partial charge on any atom is 0.226 e. The normalized spacial score (nSPS) is 30.4. The molecule has 4 unspecified atom stereocenters. The van der Waals surface area contributed by atoms with E-state index in [1.54, 1.807) is 5.47 Å². The van der Waals surface area contributed by atoms with Gasteiger partial charge >= 0.3 is 0 Å². The lowest BCUT2D eigenvalue weighted by Crippen LogP contribution is -2.66. The number of hydrogen-bond donors (Lipinski definition) is 0. The van der Waals surface area contributed by atoms with Crippen molar-refractivity contribution >= 4 is 23.6 Å². The topological polar surface area (TPSA) is 9.72 Å². The summed E-state index contributed by atoms with van der Waals surface area (Å²) in [5.41, 5.74) is 11.8. The first-order valence-corrected chi connectivity index (χ1v) is 15.3. The first kappa shape index (κ1) is 22.9. The molecule has 0 fully saturated rings. The Morgan fingerprint density at radius 1 is 0.750 bits per heavy atom. The van der Waals surface area contributed by atoms with Gasteiger partial charge in [-0.25, -0.2) is 0 Å². The predicted molar refractivity (Wildman–Crippen MR) is 168 cm³/mol. The van der Waals surface area contributed by atoms with Gasteiger partial charge in [0.1, 0.15) is 0 Å². The van der Waals surface area contributed by atoms with Crippen molar-refractivity contribution in [1.29, 1.82) is 0 Å². The average Bonchev–Trinajstić information content (AvgIpc) is 3.03. The zero-order chi connectivity index (χ0) is 26.2. The van der Waals surface area contributed by atoms with E-state index in [0.29, 0.717) is 30.7 Å². The Bertz CT molecular complexity index is 1610. The molecule has 0 bridgehead atoms. The Labute approximate surface area is 238 Å². The molecule has 4 heteroatoms. The zero-order valence-corrected chi connectivity index (χ0v) is 22.9. The lowest BCUT2D eigenvalue weighted by Gasteiger charge is -2.60. The molecule has 0 spiro atoms. The molecular formula is C36H34BN3. The molecule has 5 aliphatic carbocycles. The van der Waals surface area contributed by atoms with Crippen molar-refractivity contribution < 1.29 is 0 Å². The van der Waals surface area contributed by atoms with E-state index in [2.05, 4.69) is 124 Å². The summed E-state index contributed by atoms with van der Waals surface area (Å²) >= 11 is 0. The Morgan fingerprint density at radius 3 is 2.52 bits per heavy atom. The van der Waals surface area contributed by atoms with Crippen molar-refractivity contribution in [3.63, 3.8) is 0 Å². The summed E-state index contributed by atoms with van der Waals surface area (Å²) in [6.07, 6.45) is 42.1. The molecule has 1 aromatic carbocycles. The van der Waals surface area contributed by atoms with Crippen molar-refractivity contribution in [3.8, 4) is 0 Å². The molecule has 0 N–H and O–H groups in total. The van der Waals surface area contributed by atoms with E-state index in [-0.39, 0.29) is 0 Å². The highest BCUT2D eigenvalue weighted by molar-refractivity contribution is 6.86. The van der Waals surface area contributed by atoms with Crippen LogP contribution in [-0.4, -0.2) is 29.7 Å². The summed E-state index contributed by atoms with van der Waals surface area (Å²) in [5, 5.41) is 0. The Kier molecular flexibility index (Phi) is 5.02. The third-order valence-electron chi connectivity index (χ3n) is 10.2. The van der Waals surface area contributed by atoms with Gasteiger partial charge in [-0.2, -0.15) is 0 Å². The molecule has 0 saturated carbocycles. The van der Waals surface area contributed by atoms with Gasteiger partial charge in [-0.05, 0) is 85.9 Å². The van der Waals surface area contributed by atoms with E-state index in [4.69, 9.17) is 0 Å². The molecule has 8 aliphatic rings. The number of rotatable bonds is 3. The number of benzene rings is 1. The average molecular weight is 520 g/mol. The molecule has 0 aromatic heterocycles. The third kappa shape index (κ3) is 3.08. The van der Waals surface area contributed by atoms with Crippen LogP contribution in [0.3, 0.4) is 0 Å². The summed E-state index contributed by atoms with van der Waals surface area (Å²) in [6, 6.07) is 8.14. The molecule has 0 saturated heterocycles. The second-order valence-corrected chi connectivity index (χ2v) is 12.1. The van der Waals surface area contributed by atoms with Gasteiger partial charge in [0.05, 0.1) is 18.1 Å². The van der Waals surface area contributed by atoms with Gasteiger partial charge in [0.2, 0.25) is 6.71 Å². The van der Waals surface area contributed by atoms with Gasteiger partial charge in [-0.3, -0.25) is 0 Å². The second kappa shape index (κ2) is 8.79. The van der Waals surface area contributed by atoms with E-state index < -0.39 is 0 Å². The van der Waals surface area contributed by atoms with Gasteiger partial charge < -0.3 is 14.7 Å². The molecule has 9 rings (SSSR count). The molecule has 0 radical (unpaired) electrons. The highest BCUT2D eigenvalue weighted by Gasteiger charge is 2.58. The van der Waals surface area contributed by atoms with Crippen LogP contribution in [0, 0.1) is 0 Å². The number of allylic oxidation sites excluding steroid dienone is 12. The molecule has 3 aliphatic heterocycles. The fourth-order valence-corrected chi connectivity index (χ4v) is 8.70. The van der Waals surface area contributed by atoms with Crippen molar-refractivity contribution in [3.05, 3.63) is 138 Å². The minimum Gasteiger partial charge on any atom is -0.339 e. The van der Waals surface area contributed by atoms with E-state index in [1.165, 1.54) is 39.6 Å². The van der Waals surface area contributed by atoms with E-state index in [0.717, 1.165) is 38.5 Å². The highest BCUT2D eigenvalue weighted by atomic mass is 15.3. The lowest BCUT2D eigenvalue weighted by atomic mass is 9.25. The van der Waals surface area contributed by atoms with Gasteiger partial charge in [0, 0.05) is 40.0 Å². The standard InChI is InChI=1S/C36H34BN3/c1-4-13-25(14-5-1)38-28-19-10-21-30-34(28)37-35-29(38)20-11-22-31(35)40(27-17-8-3-9-18-27)33-24-12-23-32(36(33)37)39(30)26-15-6-2-7-16-26/h1-2,4-6,8,10-13,15,17-21,23-25,30-31,34H,3,7,9,14,16,22H2. The summed E-state index contributed by atoms with van der Waals surface area (Å²) in [7, 11) is 0. The van der Waals surface area contributed by atoms with Gasteiger partial charge in [0.25, 0.3) is 0 Å². The summed E-state index contributed by atoms with van der Waals surface area (Å²) in [5.74, 6) is 0.399. The van der Waals surface area contributed by atoms with Gasteiger partial charge in [-0.15, -0.1) is 0 Å². The van der Waals surface area contributed by atoms with Crippen LogP contribution >= 0.6 is 0 Å². The molecule has 3 nitrogen and oxygen atoms in total. The molecule has 4 atom stereocenters. The Morgan fingerprint density at radius 2 is 1.70 bits per heavy atom. The smallest absolute Gasteiger partial charge is 0.226 e. The molecule has 40 heavy (non-hydrogen) atoms. The molecule has 196 valence electrons. The van der Waals surface area contributed by atoms with Crippen LogP contribution < -0.4 is 15.3 Å². The summed E-state index contributed by atoms with van der Waals surface area (Å²) in [6.45, 7) is 0.400.